The summed E-state index contributed by atoms with van der Waals surface area (Å²) in [5.74, 6) is -13.4. The Morgan fingerprint density at radius 3 is 2.08 bits per heavy atom. The zero-order valence-corrected chi connectivity index (χ0v) is 19.9. The number of halogens is 5. The van der Waals surface area contributed by atoms with Crippen LogP contribution in [-0.2, 0) is 4.79 Å². The highest BCUT2D eigenvalue weighted by Gasteiger charge is 2.30. The molecule has 7 nitrogen and oxygen atoms in total. The van der Waals surface area contributed by atoms with Crippen molar-refractivity contribution in [3.63, 3.8) is 0 Å². The van der Waals surface area contributed by atoms with Gasteiger partial charge in [0.1, 0.15) is 11.3 Å². The first kappa shape index (κ1) is 26.5. The van der Waals surface area contributed by atoms with E-state index in [1.165, 1.54) is 32.4 Å². The minimum Gasteiger partial charge on any atom is -0.493 e. The molecule has 1 atom stereocenters. The Kier molecular flexibility index (Phi) is 7.24. The number of hydrogen-bond acceptors (Lipinski definition) is 7. The maximum Gasteiger partial charge on any atom is 0.352 e. The van der Waals surface area contributed by atoms with Gasteiger partial charge in [0, 0.05) is 11.5 Å². The molecule has 4 aromatic rings. The van der Waals surface area contributed by atoms with Crippen molar-refractivity contribution in [1.29, 1.82) is 0 Å². The van der Waals surface area contributed by atoms with E-state index in [0.717, 1.165) is 6.92 Å². The van der Waals surface area contributed by atoms with Gasteiger partial charge in [-0.05, 0) is 42.8 Å². The molecule has 0 radical (unpaired) electrons. The summed E-state index contributed by atoms with van der Waals surface area (Å²) in [6.45, 7) is 0.983. The van der Waals surface area contributed by atoms with Crippen LogP contribution >= 0.6 is 0 Å². The molecule has 0 aliphatic heterocycles. The molecule has 0 fully saturated rings. The number of ether oxygens (including phenoxy) is 4. The highest BCUT2D eigenvalue weighted by Crippen LogP contribution is 2.33. The fourth-order valence-electron chi connectivity index (χ4n) is 3.47. The second-order valence-electron chi connectivity index (χ2n) is 7.80. The zero-order chi connectivity index (χ0) is 27.7. The number of carbonyl (C=O) groups is 1. The van der Waals surface area contributed by atoms with Gasteiger partial charge in [-0.3, -0.25) is 0 Å². The lowest BCUT2D eigenvalue weighted by atomic mass is 10.1. The monoisotopic (exact) mass is 536 g/mol. The van der Waals surface area contributed by atoms with E-state index >= 15 is 0 Å². The average molecular weight is 536 g/mol. The minimum absolute atomic E-state index is 0.0397. The van der Waals surface area contributed by atoms with Crippen molar-refractivity contribution in [2.24, 2.45) is 0 Å². The number of methoxy groups -OCH3 is 2. The molecule has 0 amide bonds. The first-order valence-corrected chi connectivity index (χ1v) is 10.8. The summed E-state index contributed by atoms with van der Waals surface area (Å²) in [7, 11) is 2.92. The molecule has 12 heteroatoms. The largest absolute Gasteiger partial charge is 0.493 e. The molecular weight excluding hydrogens is 519 g/mol. The van der Waals surface area contributed by atoms with Gasteiger partial charge < -0.3 is 23.4 Å². The van der Waals surface area contributed by atoms with Crippen LogP contribution in [0.25, 0.3) is 22.1 Å². The van der Waals surface area contributed by atoms with Crippen LogP contribution in [0.3, 0.4) is 0 Å². The smallest absolute Gasteiger partial charge is 0.352 e. The summed E-state index contributed by atoms with van der Waals surface area (Å²) in [5, 5.41) is 0.458. The summed E-state index contributed by atoms with van der Waals surface area (Å²) >= 11 is 0. The van der Waals surface area contributed by atoms with Gasteiger partial charge in [-0.15, -0.1) is 0 Å². The third kappa shape index (κ3) is 4.84. The number of esters is 1. The quantitative estimate of drug-likeness (QED) is 0.0765. The Morgan fingerprint density at radius 2 is 1.45 bits per heavy atom. The van der Waals surface area contributed by atoms with Crippen LogP contribution in [0.4, 0.5) is 22.0 Å². The van der Waals surface area contributed by atoms with E-state index in [1.807, 2.05) is 0 Å². The van der Waals surface area contributed by atoms with Crippen molar-refractivity contribution in [3.05, 3.63) is 82.0 Å². The molecule has 0 aliphatic rings. The van der Waals surface area contributed by atoms with Crippen molar-refractivity contribution in [2.75, 3.05) is 14.2 Å². The summed E-state index contributed by atoms with van der Waals surface area (Å²) in [4.78, 5) is 25.0. The van der Waals surface area contributed by atoms with Gasteiger partial charge in [-0.2, -0.15) is 8.78 Å². The summed E-state index contributed by atoms with van der Waals surface area (Å²) < 4.78 is 93.2. The fourth-order valence-corrected chi connectivity index (χ4v) is 3.47. The molecule has 0 bridgehead atoms. The highest BCUT2D eigenvalue weighted by atomic mass is 19.2. The summed E-state index contributed by atoms with van der Waals surface area (Å²) in [5.41, 5.74) is 0.0371. The molecule has 0 N–H and O–H groups in total. The van der Waals surface area contributed by atoms with Crippen LogP contribution in [0.1, 0.15) is 6.92 Å². The van der Waals surface area contributed by atoms with E-state index in [1.54, 1.807) is 24.3 Å². The number of carbonyl (C=O) groups excluding carboxylic acids is 1. The van der Waals surface area contributed by atoms with E-state index < -0.39 is 52.5 Å². The summed E-state index contributed by atoms with van der Waals surface area (Å²) in [6.07, 6.45) is -1.78. The predicted molar refractivity (Wildman–Crippen MR) is 123 cm³/mol. The predicted octanol–water partition coefficient (Wildman–Crippen LogP) is 5.55. The number of fused-ring (bicyclic) bond motifs is 1. The Hall–Kier alpha value is -4.61. The molecule has 0 saturated heterocycles. The first-order valence-electron chi connectivity index (χ1n) is 10.8. The summed E-state index contributed by atoms with van der Waals surface area (Å²) in [6, 6.07) is 10.4. The van der Waals surface area contributed by atoms with Gasteiger partial charge in [0.25, 0.3) is 0 Å². The van der Waals surface area contributed by atoms with Gasteiger partial charge in [0.15, 0.2) is 23.4 Å². The number of rotatable bonds is 7. The second-order valence-corrected chi connectivity index (χ2v) is 7.80. The Morgan fingerprint density at radius 1 is 0.816 bits per heavy atom. The molecule has 4 rings (SSSR count). The Bertz CT molecular complexity index is 1590. The van der Waals surface area contributed by atoms with Gasteiger partial charge in [0.05, 0.1) is 19.8 Å². The van der Waals surface area contributed by atoms with Crippen molar-refractivity contribution >= 4 is 16.9 Å². The van der Waals surface area contributed by atoms with Gasteiger partial charge in [-0.25, -0.2) is 22.8 Å². The lowest BCUT2D eigenvalue weighted by Crippen LogP contribution is -2.29. The van der Waals surface area contributed by atoms with Crippen LogP contribution in [0.2, 0.25) is 0 Å². The van der Waals surface area contributed by atoms with Crippen LogP contribution in [-0.4, -0.2) is 26.3 Å². The molecule has 1 heterocycles. The highest BCUT2D eigenvalue weighted by molar-refractivity contribution is 5.84. The molecule has 38 heavy (non-hydrogen) atoms. The van der Waals surface area contributed by atoms with Crippen molar-refractivity contribution in [2.45, 2.75) is 13.0 Å². The average Bonchev–Trinajstić information content (AvgIpc) is 2.92. The molecule has 0 spiro atoms. The molecule has 3 aromatic carbocycles. The minimum atomic E-state index is -2.37. The lowest BCUT2D eigenvalue weighted by molar-refractivity contribution is -0.141. The third-order valence-electron chi connectivity index (χ3n) is 5.42. The molecule has 1 aromatic heterocycles. The standard InChI is InChI=1S/C26H17F5O7/c1-11(36-24-22(30)20(28)19(27)21(29)23(24)31)25(32)37-14-6-4-13-8-15(26(33)38-17(13)10-14)12-5-7-16(34-2)18(9-12)35-3/h4-11H,1-3H3. The van der Waals surface area contributed by atoms with Crippen LogP contribution in [0, 0.1) is 29.1 Å². The van der Waals surface area contributed by atoms with Crippen molar-refractivity contribution in [3.8, 4) is 34.1 Å². The molecular formula is C26H17F5O7. The maximum atomic E-state index is 13.8. The third-order valence-corrected chi connectivity index (χ3v) is 5.42. The van der Waals surface area contributed by atoms with Crippen LogP contribution in [0.5, 0.6) is 23.0 Å². The van der Waals surface area contributed by atoms with E-state index in [4.69, 9.17) is 18.6 Å². The Labute approximate surface area is 210 Å². The topological polar surface area (TPSA) is 84.2 Å². The first-order chi connectivity index (χ1) is 18.0. The van der Waals surface area contributed by atoms with E-state index in [9.17, 15) is 31.5 Å². The molecule has 0 saturated carbocycles. The van der Waals surface area contributed by atoms with Crippen molar-refractivity contribution < 1.29 is 50.1 Å². The lowest BCUT2D eigenvalue weighted by Gasteiger charge is -2.15. The number of benzene rings is 3. The van der Waals surface area contributed by atoms with Crippen LogP contribution < -0.4 is 24.6 Å². The van der Waals surface area contributed by atoms with Gasteiger partial charge in [-0.1, -0.05) is 6.07 Å². The molecule has 198 valence electrons. The zero-order valence-electron chi connectivity index (χ0n) is 19.9. The van der Waals surface area contributed by atoms with E-state index in [2.05, 4.69) is 4.74 Å². The normalized spacial score (nSPS) is 11.8. The number of hydrogen-bond donors (Lipinski definition) is 0. The Balaban J connectivity index is 1.57. The SMILES string of the molecule is COc1ccc(-c2cc3ccc(OC(=O)C(C)Oc4c(F)c(F)c(F)c(F)c4F)cc3oc2=O)cc1OC. The van der Waals surface area contributed by atoms with Gasteiger partial charge >= 0.3 is 11.6 Å². The van der Waals surface area contributed by atoms with E-state index in [-0.39, 0.29) is 16.9 Å². The van der Waals surface area contributed by atoms with E-state index in [0.29, 0.717) is 22.4 Å². The van der Waals surface area contributed by atoms with Gasteiger partial charge in [0.2, 0.25) is 29.1 Å². The van der Waals surface area contributed by atoms with Crippen LogP contribution in [0.15, 0.2) is 51.7 Å². The molecule has 0 aliphatic carbocycles. The fraction of sp³-hybridized carbons (Fsp3) is 0.154. The molecule has 1 unspecified atom stereocenters. The second kappa shape index (κ2) is 10.4. The maximum absolute atomic E-state index is 13.8. The van der Waals surface area contributed by atoms with Crippen molar-refractivity contribution in [1.82, 2.24) is 0 Å².